The van der Waals surface area contributed by atoms with Crippen LogP contribution in [0.3, 0.4) is 0 Å². The van der Waals surface area contributed by atoms with Gasteiger partial charge >= 0.3 is 47.8 Å². The Morgan fingerprint density at radius 3 is 0.902 bits per heavy atom. The molecule has 22 aliphatic rings. The highest BCUT2D eigenvalue weighted by molar-refractivity contribution is 5.80. The molecular weight excluding hydrogens is 1670 g/mol. The number of esters is 8. The van der Waals surface area contributed by atoms with Crippen LogP contribution in [0, 0.1) is 128 Å². The minimum atomic E-state index is -0.842. The van der Waals surface area contributed by atoms with Crippen molar-refractivity contribution >= 4 is 47.8 Å². The van der Waals surface area contributed by atoms with Crippen LogP contribution in [0.15, 0.2) is 0 Å². The van der Waals surface area contributed by atoms with E-state index in [9.17, 15) is 58.8 Å². The van der Waals surface area contributed by atoms with Gasteiger partial charge in [-0.15, -0.1) is 0 Å². The second-order valence-electron chi connectivity index (χ2n) is 45.2. The van der Waals surface area contributed by atoms with Crippen LogP contribution in [0.25, 0.3) is 0 Å². The fraction of sp³-hybridized carbons (Fsp3) is 0.929. The first-order valence-corrected chi connectivity index (χ1v) is 45.6. The smallest absolute Gasteiger partial charge is 0.312 e. The topological polar surface area (TPSA) is 291 Å². The Morgan fingerprint density at radius 2 is 0.629 bits per heavy atom. The number of hydrogen-bond donors (Lipinski definition) is 4. The lowest BCUT2D eigenvalue weighted by molar-refractivity contribution is -0.265. The Kier molecular flexibility index (Phi) is 51.5. The van der Waals surface area contributed by atoms with Crippen molar-refractivity contribution in [3.8, 4) is 0 Å². The van der Waals surface area contributed by atoms with Crippen molar-refractivity contribution in [2.75, 3.05) is 0 Å². The van der Waals surface area contributed by atoms with Crippen molar-refractivity contribution in [1.82, 2.24) is 0 Å². The van der Waals surface area contributed by atoms with Crippen molar-refractivity contribution in [2.45, 2.75) is 546 Å². The number of aliphatic hydroxyl groups is 4. The molecule has 0 aromatic rings. The Labute approximate surface area is 814 Å². The van der Waals surface area contributed by atoms with Crippen LogP contribution in [-0.4, -0.2) is 137 Å². The monoisotopic (exact) mass is 1890 g/mol. The quantitative estimate of drug-likeness (QED) is 0.0690. The molecule has 20 nitrogen and oxygen atoms in total. The van der Waals surface area contributed by atoms with Gasteiger partial charge in [-0.1, -0.05) is 189 Å². The lowest BCUT2D eigenvalue weighted by atomic mass is 9.46. The third-order valence-electron chi connectivity index (χ3n) is 34.4. The van der Waals surface area contributed by atoms with Crippen LogP contribution >= 0.6 is 0 Å². The zero-order valence-electron chi connectivity index (χ0n) is 73.3. The van der Waals surface area contributed by atoms with Gasteiger partial charge in [-0.2, -0.15) is 0 Å². The summed E-state index contributed by atoms with van der Waals surface area (Å²) in [7, 11) is 0. The molecule has 132 heavy (non-hydrogen) atoms. The normalized spacial score (nSPS) is 37.9. The summed E-state index contributed by atoms with van der Waals surface area (Å²) in [5.74, 6) is 6.84. The van der Waals surface area contributed by atoms with Gasteiger partial charge in [-0.3, -0.25) is 38.4 Å². The third kappa shape index (κ3) is 26.8. The van der Waals surface area contributed by atoms with E-state index < -0.39 is 44.4 Å². The van der Waals surface area contributed by atoms with E-state index in [2.05, 4.69) is 34.6 Å². The molecule has 22 fully saturated rings. The molecular formula is C112H220O20. The predicted molar refractivity (Wildman–Crippen MR) is 547 cm³/mol. The van der Waals surface area contributed by atoms with Crippen LogP contribution in [0.4, 0.5) is 0 Å². The molecule has 20 saturated carbocycles. The van der Waals surface area contributed by atoms with Crippen molar-refractivity contribution < 1.29 is 96.7 Å². The van der Waals surface area contributed by atoms with Gasteiger partial charge in [0.1, 0.15) is 46.8 Å². The van der Waals surface area contributed by atoms with Gasteiger partial charge in [0.2, 0.25) is 0 Å². The van der Waals surface area contributed by atoms with E-state index in [0.717, 1.165) is 132 Å². The maximum atomic E-state index is 12.6. The summed E-state index contributed by atoms with van der Waals surface area (Å²) in [5.41, 5.74) is -6.60. The minimum absolute atomic E-state index is 0. The number of hydrogen-bond acceptors (Lipinski definition) is 20. The first-order chi connectivity index (χ1) is 52.9. The third-order valence-corrected chi connectivity index (χ3v) is 34.4. The second-order valence-corrected chi connectivity index (χ2v) is 45.2. The van der Waals surface area contributed by atoms with Crippen LogP contribution in [0.2, 0.25) is 0 Å². The number of carbonyl (C=O) groups excluding carboxylic acids is 8. The molecule has 20 aliphatic carbocycles. The summed E-state index contributed by atoms with van der Waals surface area (Å²) in [6.45, 7) is 38.0. The van der Waals surface area contributed by atoms with E-state index in [1.54, 1.807) is 0 Å². The van der Waals surface area contributed by atoms with E-state index in [0.29, 0.717) is 74.0 Å². The highest BCUT2D eigenvalue weighted by Crippen LogP contribution is 2.67. The molecule has 2 saturated heterocycles. The Balaban J connectivity index is -0.000000352. The summed E-state index contributed by atoms with van der Waals surface area (Å²) in [6.07, 6.45) is 29.9. The minimum Gasteiger partial charge on any atom is -0.459 e. The lowest BCUT2D eigenvalue weighted by Gasteiger charge is -2.62. The number of ether oxygens (including phenoxy) is 8. The molecule has 20 heteroatoms. The zero-order chi connectivity index (χ0) is 83.2. The molecule has 0 spiro atoms. The average molecular weight is 1890 g/mol. The van der Waals surface area contributed by atoms with E-state index in [-0.39, 0.29) is 269 Å². The largest absolute Gasteiger partial charge is 0.459 e. The average Bonchev–Trinajstić information content (AvgIpc) is 1.51. The molecule has 788 valence electrons. The van der Waals surface area contributed by atoms with Gasteiger partial charge in [0, 0.05) is 67.6 Å². The Hall–Kier alpha value is -4.40. The van der Waals surface area contributed by atoms with Gasteiger partial charge in [0.25, 0.3) is 0 Å². The molecule has 2 aliphatic heterocycles. The van der Waals surface area contributed by atoms with Gasteiger partial charge in [-0.25, -0.2) is 0 Å². The molecule has 0 aromatic carbocycles. The lowest BCUT2D eigenvalue weighted by Crippen LogP contribution is -2.67. The number of rotatable bonds is 19. The molecule has 0 amide bonds. The summed E-state index contributed by atoms with van der Waals surface area (Å²) < 4.78 is 45.8. The van der Waals surface area contributed by atoms with Crippen LogP contribution in [0.5, 0.6) is 0 Å². The fourth-order valence-electron chi connectivity index (χ4n) is 26.9. The van der Waals surface area contributed by atoms with Crippen molar-refractivity contribution in [1.29, 1.82) is 0 Å². The maximum Gasteiger partial charge on any atom is 0.312 e. The molecule has 16 unspecified atom stereocenters. The van der Waals surface area contributed by atoms with Crippen molar-refractivity contribution in [3.05, 3.63) is 0 Å². The molecule has 4 N–H and O–H groups in total. The summed E-state index contributed by atoms with van der Waals surface area (Å²) in [6, 6.07) is 0. The van der Waals surface area contributed by atoms with E-state index in [1.165, 1.54) is 70.6 Å². The SMILES string of the molecule is C.C.C.C.C.C.C.C.C.C.C.C.C.C.C.C.C.C.CCC(C)(C)C(=O)OC(C)(C)C12CC3CC(CC(C3)C1)C2.CCC(C)(C)C(=O)OC1(C)C2CC3CC(C2)CC1C3.CCC(C)(C)C(=O)OC12CC3CC(O)(CC(O)(C3)C1)C2.CCC(C)(C)C(=O)OC12CC3CC(O)(CC(O)(C3)C1)C2.CCC(C)C(=O)OC1C2CC3C(=O)OC1C3C2.CCC(C)C(=O)OC1C2CC3C(=O)OC1C3C2. The van der Waals surface area contributed by atoms with E-state index >= 15 is 0 Å². The summed E-state index contributed by atoms with van der Waals surface area (Å²) in [5, 5.41) is 42.6. The number of fused-ring (bicyclic) bond motifs is 2. The highest BCUT2D eigenvalue weighted by atomic mass is 16.6. The maximum absolute atomic E-state index is 12.6. The van der Waals surface area contributed by atoms with Gasteiger partial charge in [0.15, 0.2) is 0 Å². The fourth-order valence-corrected chi connectivity index (χ4v) is 26.9. The summed E-state index contributed by atoms with van der Waals surface area (Å²) in [4.78, 5) is 96.6. The van der Waals surface area contributed by atoms with Crippen molar-refractivity contribution in [2.24, 2.45) is 128 Å². The van der Waals surface area contributed by atoms with Crippen LogP contribution in [-0.2, 0) is 76.3 Å². The molecule has 2 heterocycles. The summed E-state index contributed by atoms with van der Waals surface area (Å²) >= 11 is 0. The van der Waals surface area contributed by atoms with Gasteiger partial charge in [0.05, 0.1) is 67.7 Å². The van der Waals surface area contributed by atoms with Crippen LogP contribution < -0.4 is 0 Å². The first kappa shape index (κ1) is 138. The van der Waals surface area contributed by atoms with Gasteiger partial charge < -0.3 is 58.3 Å². The molecule has 20 bridgehead atoms. The van der Waals surface area contributed by atoms with Crippen molar-refractivity contribution in [3.63, 3.8) is 0 Å². The molecule has 16 atom stereocenters. The molecule has 0 radical (unpaired) electrons. The molecule has 0 aromatic heterocycles. The molecule has 22 rings (SSSR count). The van der Waals surface area contributed by atoms with Gasteiger partial charge in [-0.05, 0) is 303 Å². The Bertz CT molecular complexity index is 3370. The first-order valence-electron chi connectivity index (χ1n) is 45.6. The Morgan fingerprint density at radius 1 is 0.356 bits per heavy atom. The van der Waals surface area contributed by atoms with Crippen LogP contribution in [0.1, 0.15) is 477 Å². The van der Waals surface area contributed by atoms with E-state index in [4.69, 9.17) is 37.9 Å². The zero-order valence-corrected chi connectivity index (χ0v) is 73.3. The number of carbonyl (C=O) groups is 8. The standard InChI is InChI=1S/C19H32O2.C17H28O2.2C16H26O4.2C13H18O4.18CH4/c1-6-17(2,3)16(20)21-18(4,5)19-10-13-7-14(11-19)9-15(8-13)12-19;1-5-16(2,3)15(18)19-17(4)13-7-11-6-12(9-13)10-14(17)8-11;2*1-4-13(2,3)12(17)20-16-7-11-5-14(18,9-16)8-15(19,6-11)10-16;2*1-3-6(2)12(14)16-10-7-4-8-9(5-7)13(15)17-11(8)10;;;;;;;;;;;;;;;;;;/h13-15H,6-12H2,1-5H3;11-14H,5-10H2,1-4H3;2*11,18-19H,4-10H2,1-3H3;2*6-11H,3-5H2,1-2H3;18*1H4. The second kappa shape index (κ2) is 49.1. The predicted octanol–water partition coefficient (Wildman–Crippen LogP) is 28.0. The van der Waals surface area contributed by atoms with E-state index in [1.807, 2.05) is 96.9 Å². The highest BCUT2D eigenvalue weighted by Gasteiger charge is 2.69.